The SMILES string of the molecule is Cc1cc(F)cc(C)c1-c1cc(F)c(F)c([C@H](CC(=O)O)NC(=O)[C@H](CC(C)C)NC(=O)c2ccc3ccc(N4CC(F)C4)cc3n2)c1. The van der Waals surface area contributed by atoms with E-state index in [9.17, 15) is 28.3 Å². The van der Waals surface area contributed by atoms with Crippen LogP contribution < -0.4 is 15.5 Å². The monoisotopic (exact) mass is 664 g/mol. The number of aliphatic carboxylic acids is 1. The Bertz CT molecular complexity index is 1870. The molecule has 0 radical (unpaired) electrons. The summed E-state index contributed by atoms with van der Waals surface area (Å²) >= 11 is 0. The summed E-state index contributed by atoms with van der Waals surface area (Å²) in [6, 6.07) is 10.6. The minimum Gasteiger partial charge on any atom is -0.481 e. The smallest absolute Gasteiger partial charge is 0.305 e. The number of carboxylic acid groups (broad SMARTS) is 1. The van der Waals surface area contributed by atoms with Crippen molar-refractivity contribution in [2.24, 2.45) is 5.92 Å². The van der Waals surface area contributed by atoms with Gasteiger partial charge in [0.05, 0.1) is 31.1 Å². The van der Waals surface area contributed by atoms with Crippen LogP contribution in [0.15, 0.2) is 54.6 Å². The Morgan fingerprint density at radius 3 is 2.25 bits per heavy atom. The van der Waals surface area contributed by atoms with E-state index in [-0.39, 0.29) is 36.7 Å². The second-order valence-corrected chi connectivity index (χ2v) is 12.7. The van der Waals surface area contributed by atoms with E-state index in [2.05, 4.69) is 15.6 Å². The van der Waals surface area contributed by atoms with Crippen LogP contribution in [0.2, 0.25) is 0 Å². The van der Waals surface area contributed by atoms with Gasteiger partial charge >= 0.3 is 5.97 Å². The molecule has 2 amide bonds. The molecular formula is C36H36F4N4O4. The molecule has 1 saturated heterocycles. The fourth-order valence-electron chi connectivity index (χ4n) is 6.06. The molecular weight excluding hydrogens is 628 g/mol. The van der Waals surface area contributed by atoms with Crippen molar-refractivity contribution in [3.05, 3.63) is 94.4 Å². The summed E-state index contributed by atoms with van der Waals surface area (Å²) in [4.78, 5) is 45.2. The molecule has 3 N–H and O–H groups in total. The number of carbonyl (C=O) groups excluding carboxylic acids is 2. The number of rotatable bonds is 11. The summed E-state index contributed by atoms with van der Waals surface area (Å²) in [5.41, 5.74) is 2.39. The lowest BCUT2D eigenvalue weighted by Crippen LogP contribution is -2.48. The number of nitrogens with zero attached hydrogens (tertiary/aromatic N) is 2. The molecule has 1 aliphatic rings. The summed E-state index contributed by atoms with van der Waals surface area (Å²) in [7, 11) is 0. The van der Waals surface area contributed by atoms with Crippen molar-refractivity contribution in [1.29, 1.82) is 0 Å². The average molecular weight is 665 g/mol. The number of aromatic nitrogens is 1. The van der Waals surface area contributed by atoms with Crippen molar-refractivity contribution in [3.63, 3.8) is 0 Å². The number of alkyl halides is 1. The number of fused-ring (bicyclic) bond motifs is 1. The molecule has 0 bridgehead atoms. The van der Waals surface area contributed by atoms with Gasteiger partial charge in [-0.15, -0.1) is 0 Å². The van der Waals surface area contributed by atoms with Crippen molar-refractivity contribution >= 4 is 34.4 Å². The molecule has 48 heavy (non-hydrogen) atoms. The topological polar surface area (TPSA) is 112 Å². The summed E-state index contributed by atoms with van der Waals surface area (Å²) in [6.07, 6.45) is -1.55. The first-order chi connectivity index (χ1) is 22.7. The van der Waals surface area contributed by atoms with Crippen LogP contribution in [0.4, 0.5) is 23.2 Å². The first-order valence-electron chi connectivity index (χ1n) is 15.6. The highest BCUT2D eigenvalue weighted by Gasteiger charge is 2.30. The maximum Gasteiger partial charge on any atom is 0.305 e. The Labute approximate surface area is 275 Å². The standard InChI is InChI=1S/C36H36F4N4O4/c1-18(2)9-31(43-35(47)28-8-6-21-5-7-25(14-29(21)41-28)44-16-24(38)17-44)36(48)42-30(15-32(45)46)26-12-22(13-27(39)34(26)40)33-19(3)10-23(37)11-20(33)4/h5-8,10-14,18,24,30-31H,9,15-17H2,1-4H3,(H,42,48)(H,43,47)(H,45,46)/t30-,31-/m0/s1. The molecule has 8 nitrogen and oxygen atoms in total. The second kappa shape index (κ2) is 14.0. The Hall–Kier alpha value is -5.00. The molecule has 0 spiro atoms. The van der Waals surface area contributed by atoms with Crippen LogP contribution in [0.1, 0.15) is 59.9 Å². The molecule has 1 aromatic heterocycles. The lowest BCUT2D eigenvalue weighted by atomic mass is 9.91. The Morgan fingerprint density at radius 1 is 0.958 bits per heavy atom. The number of hydrogen-bond acceptors (Lipinski definition) is 5. The van der Waals surface area contributed by atoms with Gasteiger partial charge in [0.15, 0.2) is 11.6 Å². The number of carbonyl (C=O) groups is 3. The first kappa shape index (κ1) is 34.3. The molecule has 1 fully saturated rings. The molecule has 1 aliphatic heterocycles. The highest BCUT2D eigenvalue weighted by molar-refractivity contribution is 5.98. The number of aryl methyl sites for hydroxylation is 2. The van der Waals surface area contributed by atoms with Crippen molar-refractivity contribution in [2.75, 3.05) is 18.0 Å². The van der Waals surface area contributed by atoms with Crippen LogP contribution in [-0.2, 0) is 9.59 Å². The van der Waals surface area contributed by atoms with E-state index in [0.717, 1.165) is 17.1 Å². The van der Waals surface area contributed by atoms with Crippen molar-refractivity contribution in [3.8, 4) is 11.1 Å². The normalized spacial score (nSPS) is 14.5. The minimum atomic E-state index is -1.51. The zero-order valence-corrected chi connectivity index (χ0v) is 26.9. The maximum absolute atomic E-state index is 15.3. The fraction of sp³-hybridized carbons (Fsp3) is 0.333. The van der Waals surface area contributed by atoms with Gasteiger partial charge in [0.25, 0.3) is 5.91 Å². The zero-order valence-electron chi connectivity index (χ0n) is 26.9. The van der Waals surface area contributed by atoms with Crippen molar-refractivity contribution < 1.29 is 37.1 Å². The van der Waals surface area contributed by atoms with Gasteiger partial charge in [-0.1, -0.05) is 26.0 Å². The van der Waals surface area contributed by atoms with Gasteiger partial charge in [0.1, 0.15) is 23.7 Å². The summed E-state index contributed by atoms with van der Waals surface area (Å²) < 4.78 is 57.7. The highest BCUT2D eigenvalue weighted by atomic mass is 19.2. The Morgan fingerprint density at radius 2 is 1.62 bits per heavy atom. The van der Waals surface area contributed by atoms with Crippen LogP contribution >= 0.6 is 0 Å². The molecule has 2 heterocycles. The summed E-state index contributed by atoms with van der Waals surface area (Å²) in [5, 5.41) is 15.6. The molecule has 0 aliphatic carbocycles. The van der Waals surface area contributed by atoms with E-state index in [1.165, 1.54) is 24.3 Å². The van der Waals surface area contributed by atoms with Crippen LogP contribution in [0.5, 0.6) is 0 Å². The third kappa shape index (κ3) is 7.58. The second-order valence-electron chi connectivity index (χ2n) is 12.7. The fourth-order valence-corrected chi connectivity index (χ4v) is 6.06. The number of carboxylic acids is 1. The van der Waals surface area contributed by atoms with E-state index >= 15 is 8.78 Å². The molecule has 0 unspecified atom stereocenters. The number of amides is 2. The predicted octanol–water partition coefficient (Wildman–Crippen LogP) is 6.57. The molecule has 5 rings (SSSR count). The number of pyridine rings is 1. The van der Waals surface area contributed by atoms with E-state index in [0.29, 0.717) is 22.2 Å². The first-order valence-corrected chi connectivity index (χ1v) is 15.6. The highest BCUT2D eigenvalue weighted by Crippen LogP contribution is 2.34. The third-order valence-electron chi connectivity index (χ3n) is 8.35. The van der Waals surface area contributed by atoms with E-state index in [1.54, 1.807) is 26.0 Å². The van der Waals surface area contributed by atoms with Gasteiger partial charge in [0, 0.05) is 16.6 Å². The van der Waals surface area contributed by atoms with Crippen molar-refractivity contribution in [1.82, 2.24) is 15.6 Å². The molecule has 252 valence electrons. The summed E-state index contributed by atoms with van der Waals surface area (Å²) in [6.45, 7) is 7.40. The number of halogens is 4. The van der Waals surface area contributed by atoms with Crippen LogP contribution in [0, 0.1) is 37.2 Å². The van der Waals surface area contributed by atoms with Gasteiger partial charge in [-0.25, -0.2) is 22.5 Å². The van der Waals surface area contributed by atoms with Gasteiger partial charge in [-0.05, 0) is 90.9 Å². The molecule has 12 heteroatoms. The molecule has 0 saturated carbocycles. The van der Waals surface area contributed by atoms with Gasteiger partial charge < -0.3 is 20.6 Å². The lowest BCUT2D eigenvalue weighted by Gasteiger charge is -2.36. The van der Waals surface area contributed by atoms with Crippen LogP contribution in [-0.4, -0.2) is 53.2 Å². The van der Waals surface area contributed by atoms with E-state index in [1.807, 2.05) is 30.9 Å². The lowest BCUT2D eigenvalue weighted by molar-refractivity contribution is -0.137. The Balaban J connectivity index is 1.42. The largest absolute Gasteiger partial charge is 0.481 e. The zero-order chi connectivity index (χ0) is 34.9. The molecule has 3 aromatic carbocycles. The van der Waals surface area contributed by atoms with Crippen molar-refractivity contribution in [2.45, 2.75) is 58.8 Å². The quantitative estimate of drug-likeness (QED) is 0.157. The van der Waals surface area contributed by atoms with Crippen LogP contribution in [0.3, 0.4) is 0 Å². The maximum atomic E-state index is 15.3. The molecule has 2 atom stereocenters. The number of nitrogens with one attached hydrogen (secondary N) is 2. The van der Waals surface area contributed by atoms with Gasteiger partial charge in [-0.3, -0.25) is 14.4 Å². The number of benzene rings is 3. The predicted molar refractivity (Wildman–Crippen MR) is 174 cm³/mol. The minimum absolute atomic E-state index is 0.0149. The third-order valence-corrected chi connectivity index (χ3v) is 8.35. The van der Waals surface area contributed by atoms with E-state index in [4.69, 9.17) is 0 Å². The Kier molecular flexibility index (Phi) is 10.0. The number of hydrogen-bond donors (Lipinski definition) is 3. The number of anilines is 1. The molecule has 4 aromatic rings. The average Bonchev–Trinajstić information content (AvgIpc) is 2.98. The van der Waals surface area contributed by atoms with Crippen LogP contribution in [0.25, 0.3) is 22.0 Å². The van der Waals surface area contributed by atoms with Gasteiger partial charge in [0.2, 0.25) is 5.91 Å². The summed E-state index contributed by atoms with van der Waals surface area (Å²) in [5.74, 6) is -6.08. The van der Waals surface area contributed by atoms with E-state index < -0.39 is 65.5 Å². The van der Waals surface area contributed by atoms with Gasteiger partial charge in [-0.2, -0.15) is 0 Å².